The van der Waals surface area contributed by atoms with Crippen LogP contribution in [-0.4, -0.2) is 31.1 Å². The number of anilines is 2. The Bertz CT molecular complexity index is 1380. The van der Waals surface area contributed by atoms with Crippen molar-refractivity contribution in [2.75, 3.05) is 16.2 Å². The molecule has 162 valence electrons. The highest BCUT2D eigenvalue weighted by Gasteiger charge is 2.29. The smallest absolute Gasteiger partial charge is 0.264 e. The lowest BCUT2D eigenvalue weighted by molar-refractivity contribution is 0.102. The molecular weight excluding hydrogens is 464 g/mol. The second kappa shape index (κ2) is 8.45. The Morgan fingerprint density at radius 2 is 1.94 bits per heavy atom. The minimum Gasteiger partial charge on any atom is -0.296 e. The van der Waals surface area contributed by atoms with Crippen LogP contribution >= 0.6 is 22.7 Å². The van der Waals surface area contributed by atoms with E-state index in [0.29, 0.717) is 22.4 Å². The number of aromatic nitrogens is 2. The number of aryl methyl sites for hydroxylation is 1. The highest BCUT2D eigenvalue weighted by molar-refractivity contribution is 7.92. The minimum atomic E-state index is -3.80. The maximum atomic E-state index is 13.4. The van der Waals surface area contributed by atoms with E-state index >= 15 is 0 Å². The molecule has 4 aromatic rings. The normalized spacial score (nSPS) is 13.6. The zero-order valence-corrected chi connectivity index (χ0v) is 19.2. The van der Waals surface area contributed by atoms with Crippen LogP contribution in [-0.2, 0) is 16.4 Å². The monoisotopic (exact) mass is 482 g/mol. The summed E-state index contributed by atoms with van der Waals surface area (Å²) in [4.78, 5) is 12.9. The molecule has 1 amide bonds. The summed E-state index contributed by atoms with van der Waals surface area (Å²) in [6.45, 7) is 0.409. The molecule has 3 heterocycles. The average Bonchev–Trinajstić information content (AvgIpc) is 3.51. The summed E-state index contributed by atoms with van der Waals surface area (Å²) < 4.78 is 28.2. The maximum absolute atomic E-state index is 13.4. The van der Waals surface area contributed by atoms with Gasteiger partial charge in [0.25, 0.3) is 15.9 Å². The zero-order valence-electron chi connectivity index (χ0n) is 16.8. The van der Waals surface area contributed by atoms with Crippen LogP contribution in [0.2, 0.25) is 0 Å². The van der Waals surface area contributed by atoms with Crippen molar-refractivity contribution >= 4 is 49.4 Å². The molecule has 0 unspecified atom stereocenters. The quantitative estimate of drug-likeness (QED) is 0.447. The lowest BCUT2D eigenvalue weighted by atomic mass is 10.0. The van der Waals surface area contributed by atoms with Gasteiger partial charge in [-0.05, 0) is 54.1 Å². The maximum Gasteiger partial charge on any atom is 0.264 e. The molecule has 0 saturated carbocycles. The van der Waals surface area contributed by atoms with Crippen molar-refractivity contribution < 1.29 is 13.2 Å². The molecule has 0 fully saturated rings. The Morgan fingerprint density at radius 3 is 2.78 bits per heavy atom. The van der Waals surface area contributed by atoms with Crippen LogP contribution in [0.25, 0.3) is 10.6 Å². The molecule has 0 atom stereocenters. The number of hydrogen-bond donors (Lipinski definition) is 1. The number of hydrogen-bond acceptors (Lipinski definition) is 7. The molecule has 1 aliphatic heterocycles. The van der Waals surface area contributed by atoms with Crippen LogP contribution in [0.15, 0.2) is 70.3 Å². The Morgan fingerprint density at radius 1 is 1.06 bits per heavy atom. The number of rotatable bonds is 5. The van der Waals surface area contributed by atoms with Crippen molar-refractivity contribution in [1.82, 2.24) is 10.2 Å². The van der Waals surface area contributed by atoms with E-state index in [1.165, 1.54) is 27.8 Å². The largest absolute Gasteiger partial charge is 0.296 e. The SMILES string of the molecule is O=C(Nc1nnc(-c2ccsc2)s1)c1cccc(S(=O)(=O)N2CCCc3ccccc32)c1. The number of nitrogens with zero attached hydrogens (tertiary/aromatic N) is 3. The fraction of sp³-hybridized carbons (Fsp3) is 0.136. The van der Waals surface area contributed by atoms with Crippen LogP contribution in [0.1, 0.15) is 22.3 Å². The number of amides is 1. The molecule has 2 aromatic carbocycles. The molecule has 1 aliphatic rings. The van der Waals surface area contributed by atoms with Crippen molar-refractivity contribution in [3.05, 3.63) is 76.5 Å². The average molecular weight is 483 g/mol. The third kappa shape index (κ3) is 3.92. The molecule has 7 nitrogen and oxygen atoms in total. The molecule has 5 rings (SSSR count). The fourth-order valence-corrected chi connectivity index (χ4v) is 6.66. The first-order valence-corrected chi connectivity index (χ1v) is 13.1. The molecule has 0 aliphatic carbocycles. The van der Waals surface area contributed by atoms with Gasteiger partial charge in [-0.2, -0.15) is 11.3 Å². The molecule has 0 spiro atoms. The Hall–Kier alpha value is -3.08. The van der Waals surface area contributed by atoms with Gasteiger partial charge in [-0.25, -0.2) is 8.42 Å². The van der Waals surface area contributed by atoms with Gasteiger partial charge in [0.15, 0.2) is 0 Å². The van der Waals surface area contributed by atoms with Gasteiger partial charge in [-0.1, -0.05) is 35.6 Å². The minimum absolute atomic E-state index is 0.0816. The molecule has 10 heteroatoms. The number of benzene rings is 2. The van der Waals surface area contributed by atoms with Gasteiger partial charge in [-0.3, -0.25) is 14.4 Å². The highest BCUT2D eigenvalue weighted by atomic mass is 32.2. The second-order valence-electron chi connectivity index (χ2n) is 7.22. The Labute approximate surface area is 193 Å². The number of para-hydroxylation sites is 1. The lowest BCUT2D eigenvalue weighted by Gasteiger charge is -2.30. The summed E-state index contributed by atoms with van der Waals surface area (Å²) >= 11 is 2.82. The highest BCUT2D eigenvalue weighted by Crippen LogP contribution is 2.32. The summed E-state index contributed by atoms with van der Waals surface area (Å²) in [6, 6.07) is 15.5. The molecule has 2 aromatic heterocycles. The number of fused-ring (bicyclic) bond motifs is 1. The predicted molar refractivity (Wildman–Crippen MR) is 127 cm³/mol. The number of carbonyl (C=O) groups excluding carboxylic acids is 1. The number of sulfonamides is 1. The molecule has 32 heavy (non-hydrogen) atoms. The van der Waals surface area contributed by atoms with Crippen molar-refractivity contribution in [3.63, 3.8) is 0 Å². The van der Waals surface area contributed by atoms with Gasteiger partial charge >= 0.3 is 0 Å². The van der Waals surface area contributed by atoms with Gasteiger partial charge in [-0.15, -0.1) is 10.2 Å². The molecule has 0 saturated heterocycles. The van der Waals surface area contributed by atoms with Crippen LogP contribution in [0.4, 0.5) is 10.8 Å². The fourth-order valence-electron chi connectivity index (χ4n) is 3.62. The number of thiophene rings is 1. The van der Waals surface area contributed by atoms with Crippen molar-refractivity contribution in [3.8, 4) is 10.6 Å². The van der Waals surface area contributed by atoms with Crippen LogP contribution in [0.5, 0.6) is 0 Å². The summed E-state index contributed by atoms with van der Waals surface area (Å²) in [6.07, 6.45) is 1.60. The van der Waals surface area contributed by atoms with E-state index in [1.54, 1.807) is 23.5 Å². The van der Waals surface area contributed by atoms with E-state index in [-0.39, 0.29) is 10.5 Å². The summed E-state index contributed by atoms with van der Waals surface area (Å²) in [5, 5.41) is 15.8. The summed E-state index contributed by atoms with van der Waals surface area (Å²) in [5.41, 5.74) is 2.89. The van der Waals surface area contributed by atoms with E-state index in [9.17, 15) is 13.2 Å². The van der Waals surface area contributed by atoms with Crippen LogP contribution in [0.3, 0.4) is 0 Å². The van der Waals surface area contributed by atoms with E-state index in [2.05, 4.69) is 15.5 Å². The first kappa shape index (κ1) is 20.8. The Balaban J connectivity index is 1.39. The molecular formula is C22H18N4O3S3. The summed E-state index contributed by atoms with van der Waals surface area (Å²) in [7, 11) is -3.80. The third-order valence-corrected chi connectivity index (χ3v) is 8.55. The Kier molecular flexibility index (Phi) is 5.50. The van der Waals surface area contributed by atoms with Crippen molar-refractivity contribution in [2.24, 2.45) is 0 Å². The molecule has 0 radical (unpaired) electrons. The second-order valence-corrected chi connectivity index (χ2v) is 10.8. The molecule has 0 bridgehead atoms. The van der Waals surface area contributed by atoms with Crippen molar-refractivity contribution in [1.29, 1.82) is 0 Å². The van der Waals surface area contributed by atoms with Crippen LogP contribution < -0.4 is 9.62 Å². The first-order chi connectivity index (χ1) is 15.5. The number of nitrogens with one attached hydrogen (secondary N) is 1. The molecule has 1 N–H and O–H groups in total. The van der Waals surface area contributed by atoms with E-state index < -0.39 is 15.9 Å². The topological polar surface area (TPSA) is 92.3 Å². The van der Waals surface area contributed by atoms with E-state index in [0.717, 1.165) is 24.0 Å². The summed E-state index contributed by atoms with van der Waals surface area (Å²) in [5.74, 6) is -0.436. The van der Waals surface area contributed by atoms with Gasteiger partial charge < -0.3 is 0 Å². The zero-order chi connectivity index (χ0) is 22.1. The van der Waals surface area contributed by atoms with Crippen molar-refractivity contribution in [2.45, 2.75) is 17.7 Å². The van der Waals surface area contributed by atoms with Gasteiger partial charge in [0.1, 0.15) is 5.01 Å². The van der Waals surface area contributed by atoms with Gasteiger partial charge in [0.05, 0.1) is 10.6 Å². The van der Waals surface area contributed by atoms with E-state index in [1.807, 2.05) is 41.1 Å². The predicted octanol–water partition coefficient (Wildman–Crippen LogP) is 4.66. The standard InChI is InChI=1S/C22H18N4O3S3/c27-20(23-22-25-24-21(31-22)17-10-12-30-14-17)16-6-3-8-18(13-16)32(28,29)26-11-4-7-15-5-1-2-9-19(15)26/h1-3,5-6,8-10,12-14H,4,7,11H2,(H,23,25,27). The number of carbonyl (C=O) groups is 1. The van der Waals surface area contributed by atoms with Gasteiger partial charge in [0, 0.05) is 23.1 Å². The third-order valence-electron chi connectivity index (χ3n) is 5.17. The van der Waals surface area contributed by atoms with E-state index in [4.69, 9.17) is 0 Å². The first-order valence-electron chi connectivity index (χ1n) is 9.90. The van der Waals surface area contributed by atoms with Crippen LogP contribution in [0, 0.1) is 0 Å². The lowest BCUT2D eigenvalue weighted by Crippen LogP contribution is -2.35. The van der Waals surface area contributed by atoms with Gasteiger partial charge in [0.2, 0.25) is 5.13 Å².